The summed E-state index contributed by atoms with van der Waals surface area (Å²) in [6.07, 6.45) is 0. The highest BCUT2D eigenvalue weighted by Gasteiger charge is 2.45. The van der Waals surface area contributed by atoms with Crippen LogP contribution in [-0.4, -0.2) is 20.1 Å². The summed E-state index contributed by atoms with van der Waals surface area (Å²) in [6, 6.07) is 11.0. The minimum absolute atomic E-state index is 0.243. The van der Waals surface area contributed by atoms with Gasteiger partial charge in [0, 0.05) is 10.2 Å². The van der Waals surface area contributed by atoms with Crippen LogP contribution >= 0.6 is 15.9 Å². The predicted octanol–water partition coefficient (Wildman–Crippen LogP) is 3.36. The summed E-state index contributed by atoms with van der Waals surface area (Å²) < 4.78 is 39.5. The van der Waals surface area contributed by atoms with Crippen LogP contribution in [0.1, 0.15) is 16.5 Å². The number of carbonyl (C=O) groups excluding carboxylic acids is 1. The molecular weight excluding hydrogens is 385 g/mol. The first kappa shape index (κ1) is 16.1. The van der Waals surface area contributed by atoms with Crippen molar-refractivity contribution in [1.29, 1.82) is 0 Å². The zero-order valence-corrected chi connectivity index (χ0v) is 14.6. The number of benzene rings is 2. The standard InChI is InChI=1S/C16H13BrFNO3S/c1-10-2-7-13(8-14(10)18)19-15(20)9-23(21,22)16(19)11-3-5-12(17)6-4-11/h2-8,16H,9H2,1H3. The van der Waals surface area contributed by atoms with Gasteiger partial charge in [0.25, 0.3) is 0 Å². The zero-order chi connectivity index (χ0) is 16.8. The molecule has 1 unspecified atom stereocenters. The fraction of sp³-hybridized carbons (Fsp3) is 0.188. The third-order valence-electron chi connectivity index (χ3n) is 3.76. The van der Waals surface area contributed by atoms with Crippen LogP contribution < -0.4 is 4.90 Å². The van der Waals surface area contributed by atoms with Gasteiger partial charge in [-0.25, -0.2) is 12.8 Å². The minimum atomic E-state index is -3.68. The Morgan fingerprint density at radius 1 is 1.17 bits per heavy atom. The van der Waals surface area contributed by atoms with Crippen LogP contribution in [0.25, 0.3) is 0 Å². The number of sulfone groups is 1. The van der Waals surface area contributed by atoms with E-state index >= 15 is 0 Å². The maximum absolute atomic E-state index is 13.8. The van der Waals surface area contributed by atoms with E-state index < -0.39 is 32.7 Å². The van der Waals surface area contributed by atoms with Gasteiger partial charge in [-0.15, -0.1) is 0 Å². The normalized spacial score (nSPS) is 20.0. The van der Waals surface area contributed by atoms with Crippen LogP contribution in [0.5, 0.6) is 0 Å². The molecule has 0 spiro atoms. The summed E-state index contributed by atoms with van der Waals surface area (Å²) in [6.45, 7) is 1.61. The number of halogens is 2. The van der Waals surface area contributed by atoms with E-state index in [4.69, 9.17) is 0 Å². The van der Waals surface area contributed by atoms with Crippen molar-refractivity contribution in [3.63, 3.8) is 0 Å². The van der Waals surface area contributed by atoms with Gasteiger partial charge < -0.3 is 0 Å². The second-order valence-corrected chi connectivity index (χ2v) is 8.38. The SMILES string of the molecule is Cc1ccc(N2C(=O)CS(=O)(=O)C2c2ccc(Br)cc2)cc1F. The molecule has 120 valence electrons. The monoisotopic (exact) mass is 397 g/mol. The van der Waals surface area contributed by atoms with Crippen molar-refractivity contribution in [2.24, 2.45) is 0 Å². The largest absolute Gasteiger partial charge is 0.290 e. The van der Waals surface area contributed by atoms with Crippen molar-refractivity contribution in [2.75, 3.05) is 10.7 Å². The van der Waals surface area contributed by atoms with E-state index in [1.165, 1.54) is 12.1 Å². The summed E-state index contributed by atoms with van der Waals surface area (Å²) >= 11 is 3.29. The van der Waals surface area contributed by atoms with Gasteiger partial charge in [-0.2, -0.15) is 0 Å². The van der Waals surface area contributed by atoms with Crippen molar-refractivity contribution >= 4 is 37.4 Å². The third kappa shape index (κ3) is 2.90. The molecule has 0 saturated carbocycles. The molecule has 3 rings (SSSR count). The van der Waals surface area contributed by atoms with Gasteiger partial charge in [0.05, 0.1) is 0 Å². The van der Waals surface area contributed by atoms with Gasteiger partial charge in [0.2, 0.25) is 5.91 Å². The molecule has 2 aromatic carbocycles. The Morgan fingerprint density at radius 2 is 1.83 bits per heavy atom. The van der Waals surface area contributed by atoms with Gasteiger partial charge in [-0.05, 0) is 42.3 Å². The average molecular weight is 398 g/mol. The number of hydrogen-bond donors (Lipinski definition) is 0. The van der Waals surface area contributed by atoms with E-state index in [0.717, 1.165) is 9.37 Å². The fourth-order valence-electron chi connectivity index (χ4n) is 2.61. The van der Waals surface area contributed by atoms with Crippen molar-refractivity contribution in [1.82, 2.24) is 0 Å². The van der Waals surface area contributed by atoms with Gasteiger partial charge in [-0.1, -0.05) is 34.1 Å². The van der Waals surface area contributed by atoms with Gasteiger partial charge in [0.15, 0.2) is 15.2 Å². The summed E-state index contributed by atoms with van der Waals surface area (Å²) in [5, 5.41) is -1.13. The lowest BCUT2D eigenvalue weighted by molar-refractivity contribution is -0.115. The Bertz CT molecular complexity index is 881. The predicted molar refractivity (Wildman–Crippen MR) is 89.3 cm³/mol. The molecule has 0 aliphatic carbocycles. The van der Waals surface area contributed by atoms with Crippen LogP contribution in [0, 0.1) is 12.7 Å². The number of carbonyl (C=O) groups is 1. The summed E-state index contributed by atoms with van der Waals surface area (Å²) in [7, 11) is -3.68. The molecule has 1 fully saturated rings. The van der Waals surface area contributed by atoms with Crippen molar-refractivity contribution < 1.29 is 17.6 Å². The number of amides is 1. The average Bonchev–Trinajstić information content (AvgIpc) is 2.72. The van der Waals surface area contributed by atoms with Gasteiger partial charge in [-0.3, -0.25) is 9.69 Å². The quantitative estimate of drug-likeness (QED) is 0.780. The molecule has 7 heteroatoms. The highest BCUT2D eigenvalue weighted by Crippen LogP contribution is 2.38. The Labute approximate surface area is 142 Å². The molecular formula is C16H13BrFNO3S. The number of anilines is 1. The molecule has 1 aliphatic heterocycles. The second-order valence-electron chi connectivity index (χ2n) is 5.41. The van der Waals surface area contributed by atoms with Crippen molar-refractivity contribution in [3.05, 3.63) is 63.9 Å². The van der Waals surface area contributed by atoms with Crippen molar-refractivity contribution in [3.8, 4) is 0 Å². The van der Waals surface area contributed by atoms with E-state index in [1.807, 2.05) is 0 Å². The lowest BCUT2D eigenvalue weighted by Crippen LogP contribution is -2.29. The lowest BCUT2D eigenvalue weighted by Gasteiger charge is -2.24. The number of nitrogens with zero attached hydrogens (tertiary/aromatic N) is 1. The van der Waals surface area contributed by atoms with Crippen LogP contribution in [0.2, 0.25) is 0 Å². The van der Waals surface area contributed by atoms with Crippen molar-refractivity contribution in [2.45, 2.75) is 12.3 Å². The summed E-state index contributed by atoms with van der Waals surface area (Å²) in [5.41, 5.74) is 1.15. The Balaban J connectivity index is 2.14. The first-order chi connectivity index (χ1) is 10.8. The smallest absolute Gasteiger partial charge is 0.243 e. The molecule has 2 aromatic rings. The zero-order valence-electron chi connectivity index (χ0n) is 12.2. The van der Waals surface area contributed by atoms with E-state index in [2.05, 4.69) is 15.9 Å². The Hall–Kier alpha value is -1.73. The number of aryl methyl sites for hydroxylation is 1. The second kappa shape index (κ2) is 5.72. The molecule has 0 aromatic heterocycles. The number of rotatable bonds is 2. The van der Waals surface area contributed by atoms with Crippen LogP contribution in [-0.2, 0) is 14.6 Å². The minimum Gasteiger partial charge on any atom is -0.290 e. The lowest BCUT2D eigenvalue weighted by atomic mass is 10.1. The highest BCUT2D eigenvalue weighted by molar-refractivity contribution is 9.10. The van der Waals surface area contributed by atoms with Crippen LogP contribution in [0.15, 0.2) is 46.9 Å². The van der Waals surface area contributed by atoms with E-state index in [-0.39, 0.29) is 5.69 Å². The first-order valence-corrected chi connectivity index (χ1v) is 9.36. The summed E-state index contributed by atoms with van der Waals surface area (Å²) in [5.74, 6) is -1.61. The topological polar surface area (TPSA) is 54.5 Å². The molecule has 1 aliphatic rings. The Morgan fingerprint density at radius 3 is 2.43 bits per heavy atom. The summed E-state index contributed by atoms with van der Waals surface area (Å²) in [4.78, 5) is 13.4. The molecule has 1 atom stereocenters. The van der Waals surface area contributed by atoms with Gasteiger partial charge in [0.1, 0.15) is 11.6 Å². The van der Waals surface area contributed by atoms with E-state index in [9.17, 15) is 17.6 Å². The maximum atomic E-state index is 13.8. The molecule has 4 nitrogen and oxygen atoms in total. The molecule has 0 radical (unpaired) electrons. The fourth-order valence-corrected chi connectivity index (χ4v) is 4.64. The number of hydrogen-bond acceptors (Lipinski definition) is 3. The Kier molecular flexibility index (Phi) is 4.01. The molecule has 1 amide bonds. The maximum Gasteiger partial charge on any atom is 0.243 e. The van der Waals surface area contributed by atoms with Crippen LogP contribution in [0.4, 0.5) is 10.1 Å². The molecule has 1 saturated heterocycles. The van der Waals surface area contributed by atoms with E-state index in [0.29, 0.717) is 11.1 Å². The molecule has 1 heterocycles. The van der Waals surface area contributed by atoms with Crippen LogP contribution in [0.3, 0.4) is 0 Å². The van der Waals surface area contributed by atoms with E-state index in [1.54, 1.807) is 37.3 Å². The molecule has 23 heavy (non-hydrogen) atoms. The molecule has 0 N–H and O–H groups in total. The first-order valence-electron chi connectivity index (χ1n) is 6.85. The molecule has 0 bridgehead atoms. The van der Waals surface area contributed by atoms with Gasteiger partial charge >= 0.3 is 0 Å². The highest BCUT2D eigenvalue weighted by atomic mass is 79.9. The third-order valence-corrected chi connectivity index (χ3v) is 6.10.